The van der Waals surface area contributed by atoms with Gasteiger partial charge < -0.3 is 0 Å². The zero-order valence-electron chi connectivity index (χ0n) is 6.26. The zero-order valence-corrected chi connectivity index (χ0v) is 6.26. The minimum absolute atomic E-state index is 1.00. The van der Waals surface area contributed by atoms with Crippen molar-refractivity contribution in [1.82, 2.24) is 0 Å². The Bertz CT molecular complexity index is 278. The third kappa shape index (κ3) is 1.35. The fourth-order valence-electron chi connectivity index (χ4n) is 0.809. The molecule has 0 saturated carbocycles. The molecule has 0 aliphatic rings. The Hall–Kier alpha value is -1.29. The second kappa shape index (κ2) is 3.03. The smallest absolute Gasteiger partial charge is 0.0614 e. The maximum atomic E-state index is 4.06. The summed E-state index contributed by atoms with van der Waals surface area (Å²) in [5.74, 6) is 0. The molecule has 1 heteroatoms. The van der Waals surface area contributed by atoms with Crippen molar-refractivity contribution in [3.63, 3.8) is 0 Å². The van der Waals surface area contributed by atoms with Crippen molar-refractivity contribution in [2.45, 2.75) is 13.8 Å². The number of nitrogens with zero attached hydrogens (tertiary/aromatic N) is 1. The molecule has 0 saturated heterocycles. The van der Waals surface area contributed by atoms with Crippen LogP contribution in [0.3, 0.4) is 0 Å². The fourth-order valence-corrected chi connectivity index (χ4v) is 0.809. The lowest BCUT2D eigenvalue weighted by atomic mass is 10.2. The molecule has 0 aliphatic heterocycles. The van der Waals surface area contributed by atoms with Crippen molar-refractivity contribution in [2.24, 2.45) is 0 Å². The first kappa shape index (κ1) is 6.82. The van der Waals surface area contributed by atoms with Gasteiger partial charge in [0.05, 0.1) is 6.92 Å². The molecule has 1 rings (SSSR count). The molecule has 10 heavy (non-hydrogen) atoms. The van der Waals surface area contributed by atoms with Crippen molar-refractivity contribution >= 4 is 5.69 Å². The van der Waals surface area contributed by atoms with Crippen molar-refractivity contribution in [2.75, 3.05) is 0 Å². The molecule has 0 bridgehead atoms. The maximum absolute atomic E-state index is 4.06. The zero-order chi connectivity index (χ0) is 7.40. The second-order valence-corrected chi connectivity index (χ2v) is 2.12. The first-order valence-corrected chi connectivity index (χ1v) is 3.27. The van der Waals surface area contributed by atoms with Crippen LogP contribution in [0.15, 0.2) is 24.3 Å². The Morgan fingerprint density at radius 3 is 2.60 bits per heavy atom. The van der Waals surface area contributed by atoms with Crippen LogP contribution < -0.4 is 0 Å². The van der Waals surface area contributed by atoms with Crippen LogP contribution in [-0.4, -0.2) is 0 Å². The molecule has 50 valence electrons. The lowest BCUT2D eigenvalue weighted by Crippen LogP contribution is -1.68. The average molecular weight is 132 g/mol. The van der Waals surface area contributed by atoms with Gasteiger partial charge in [0.1, 0.15) is 0 Å². The van der Waals surface area contributed by atoms with E-state index in [4.69, 9.17) is 0 Å². The number of hydrogen-bond acceptors (Lipinski definition) is 0. The summed E-state index contributed by atoms with van der Waals surface area (Å²) in [5, 5.41) is 0. The highest BCUT2D eigenvalue weighted by molar-refractivity contribution is 5.52. The average Bonchev–Trinajstić information content (AvgIpc) is 1.94. The molecule has 0 fully saturated rings. The van der Waals surface area contributed by atoms with Gasteiger partial charge in [-0.3, -0.25) is 0 Å². The Kier molecular flexibility index (Phi) is 2.07. The summed E-state index contributed by atoms with van der Waals surface area (Å²) in [7, 11) is 0. The van der Waals surface area contributed by atoms with E-state index in [9.17, 15) is 0 Å². The van der Waals surface area contributed by atoms with Gasteiger partial charge in [0, 0.05) is 11.6 Å². The van der Waals surface area contributed by atoms with Crippen LogP contribution >= 0.6 is 0 Å². The van der Waals surface area contributed by atoms with E-state index in [2.05, 4.69) is 10.9 Å². The lowest BCUT2D eigenvalue weighted by Gasteiger charge is -1.83. The monoisotopic (exact) mass is 132 g/mol. The highest BCUT2D eigenvalue weighted by Crippen LogP contribution is 2.16. The van der Waals surface area contributed by atoms with E-state index in [1.165, 1.54) is 5.56 Å². The summed E-state index contributed by atoms with van der Waals surface area (Å²) in [6.45, 7) is 3.84. The van der Waals surface area contributed by atoms with E-state index >= 15 is 0 Å². The molecule has 1 aromatic carbocycles. The van der Waals surface area contributed by atoms with Crippen LogP contribution in [0.1, 0.15) is 12.5 Å². The first-order valence-electron chi connectivity index (χ1n) is 3.27. The molecule has 1 nitrogen and oxygen atoms in total. The SMILES string of the molecule is CC#[N+]c1ccccc1C. The van der Waals surface area contributed by atoms with Crippen LogP contribution in [0.25, 0.3) is 4.85 Å². The molecular weight excluding hydrogens is 122 g/mol. The van der Waals surface area contributed by atoms with Crippen molar-refractivity contribution in [3.8, 4) is 6.07 Å². The number of aryl methyl sites for hydroxylation is 1. The van der Waals surface area contributed by atoms with Crippen LogP contribution in [0.5, 0.6) is 0 Å². The van der Waals surface area contributed by atoms with Gasteiger partial charge in [0.2, 0.25) is 0 Å². The van der Waals surface area contributed by atoms with Gasteiger partial charge in [0.15, 0.2) is 0 Å². The van der Waals surface area contributed by atoms with E-state index in [0.717, 1.165) is 5.69 Å². The van der Waals surface area contributed by atoms with Gasteiger partial charge in [-0.25, -0.2) is 0 Å². The standard InChI is InChI=1S/C9H10N/c1-3-10-9-7-5-4-6-8(9)2/h4-7H,1-2H3/q+1. The van der Waals surface area contributed by atoms with E-state index < -0.39 is 0 Å². The van der Waals surface area contributed by atoms with E-state index in [0.29, 0.717) is 0 Å². The van der Waals surface area contributed by atoms with E-state index in [-0.39, 0.29) is 0 Å². The van der Waals surface area contributed by atoms with Crippen LogP contribution in [0, 0.1) is 13.0 Å². The highest BCUT2D eigenvalue weighted by atomic mass is 14.7. The molecule has 0 amide bonds. The summed E-state index contributed by atoms with van der Waals surface area (Å²) >= 11 is 0. The van der Waals surface area contributed by atoms with Gasteiger partial charge in [-0.2, -0.15) is 0 Å². The molecule has 0 heterocycles. The Morgan fingerprint density at radius 1 is 1.30 bits per heavy atom. The van der Waals surface area contributed by atoms with Crippen LogP contribution in [0.4, 0.5) is 5.69 Å². The molecule has 0 aromatic heterocycles. The summed E-state index contributed by atoms with van der Waals surface area (Å²) in [5.41, 5.74) is 2.20. The minimum Gasteiger partial charge on any atom is -0.0614 e. The predicted octanol–water partition coefficient (Wildman–Crippen LogP) is 2.98. The Labute approximate surface area is 61.1 Å². The van der Waals surface area contributed by atoms with Crippen LogP contribution in [-0.2, 0) is 0 Å². The van der Waals surface area contributed by atoms with Crippen molar-refractivity contribution in [1.29, 1.82) is 0 Å². The number of hydrogen-bond donors (Lipinski definition) is 0. The quantitative estimate of drug-likeness (QED) is 0.511. The summed E-state index contributed by atoms with van der Waals surface area (Å²) in [6, 6.07) is 10.7. The molecular formula is C9H10N+. The number of para-hydroxylation sites is 1. The Balaban J connectivity index is 3.11. The van der Waals surface area contributed by atoms with Gasteiger partial charge in [-0.15, -0.1) is 0 Å². The first-order chi connectivity index (χ1) is 4.84. The second-order valence-electron chi connectivity index (χ2n) is 2.12. The van der Waals surface area contributed by atoms with Crippen LogP contribution in [0.2, 0.25) is 0 Å². The van der Waals surface area contributed by atoms with Crippen molar-refractivity contribution in [3.05, 3.63) is 34.7 Å². The summed E-state index contributed by atoms with van der Waals surface area (Å²) in [4.78, 5) is 4.06. The Morgan fingerprint density at radius 2 is 2.00 bits per heavy atom. The molecule has 0 unspecified atom stereocenters. The van der Waals surface area contributed by atoms with Gasteiger partial charge >= 0.3 is 5.69 Å². The molecule has 1 aromatic rings. The largest absolute Gasteiger partial charge is 0.343 e. The lowest BCUT2D eigenvalue weighted by molar-refractivity contribution is 1.49. The minimum atomic E-state index is 1.00. The van der Waals surface area contributed by atoms with Gasteiger partial charge in [-0.1, -0.05) is 18.2 Å². The van der Waals surface area contributed by atoms with E-state index in [1.54, 1.807) is 6.92 Å². The molecule has 0 spiro atoms. The maximum Gasteiger partial charge on any atom is 0.343 e. The third-order valence-electron chi connectivity index (χ3n) is 1.35. The van der Waals surface area contributed by atoms with Gasteiger partial charge in [-0.05, 0) is 11.8 Å². The number of rotatable bonds is 0. The molecule has 0 atom stereocenters. The molecule has 0 N–H and O–H groups in total. The number of benzene rings is 1. The van der Waals surface area contributed by atoms with E-state index in [1.807, 2.05) is 31.2 Å². The normalized spacial score (nSPS) is 8.20. The summed E-state index contributed by atoms with van der Waals surface area (Å²) < 4.78 is 0. The predicted molar refractivity (Wildman–Crippen MR) is 43.8 cm³/mol. The van der Waals surface area contributed by atoms with Crippen molar-refractivity contribution < 1.29 is 0 Å². The van der Waals surface area contributed by atoms with Gasteiger partial charge in [0.25, 0.3) is 6.07 Å². The topological polar surface area (TPSA) is 4.36 Å². The molecule has 0 aliphatic carbocycles. The highest BCUT2D eigenvalue weighted by Gasteiger charge is 2.01. The summed E-state index contributed by atoms with van der Waals surface area (Å²) in [6.07, 6.45) is 0. The molecule has 0 radical (unpaired) electrons. The third-order valence-corrected chi connectivity index (χ3v) is 1.35. The fraction of sp³-hybridized carbons (Fsp3) is 0.222.